The lowest BCUT2D eigenvalue weighted by Gasteiger charge is -2.30. The molecular formula is C12H9BrF4N2O2. The Kier molecular flexibility index (Phi) is 4.33. The van der Waals surface area contributed by atoms with E-state index in [1.165, 1.54) is 18.2 Å². The summed E-state index contributed by atoms with van der Waals surface area (Å²) < 4.78 is 51.6. The second-order valence-corrected chi connectivity index (χ2v) is 5.20. The van der Waals surface area contributed by atoms with Crippen molar-refractivity contribution < 1.29 is 27.5 Å². The van der Waals surface area contributed by atoms with Gasteiger partial charge in [0.15, 0.2) is 0 Å². The smallest absolute Gasteiger partial charge is 0.287 e. The first-order valence-corrected chi connectivity index (χ1v) is 6.52. The normalized spacial score (nSPS) is 22.1. The average Bonchev–Trinajstić information content (AvgIpc) is 2.78. The highest BCUT2D eigenvalue weighted by atomic mass is 79.9. The molecule has 1 atom stereocenters. The van der Waals surface area contributed by atoms with E-state index in [-0.39, 0.29) is 15.0 Å². The Hall–Kier alpha value is -1.48. The van der Waals surface area contributed by atoms with Crippen LogP contribution in [0.25, 0.3) is 0 Å². The van der Waals surface area contributed by atoms with Crippen molar-refractivity contribution in [3.8, 4) is 0 Å². The lowest BCUT2D eigenvalue weighted by Crippen LogP contribution is -2.51. The predicted molar refractivity (Wildman–Crippen MR) is 69.3 cm³/mol. The first kappa shape index (κ1) is 15.9. The maximum absolute atomic E-state index is 13.0. The molecule has 9 heteroatoms. The molecule has 0 unspecified atom stereocenters. The number of nitrogens with zero attached hydrogens (tertiary/aromatic N) is 2. The van der Waals surface area contributed by atoms with Crippen LogP contribution in [0.2, 0.25) is 0 Å². The zero-order chi connectivity index (χ0) is 15.8. The van der Waals surface area contributed by atoms with Gasteiger partial charge in [0.25, 0.3) is 18.8 Å². The first-order chi connectivity index (χ1) is 9.77. The molecule has 1 heterocycles. The third-order valence-corrected chi connectivity index (χ3v) is 3.63. The Morgan fingerprint density at radius 2 is 1.95 bits per heavy atom. The Morgan fingerprint density at radius 1 is 1.33 bits per heavy atom. The number of aliphatic hydroxyl groups is 1. The van der Waals surface area contributed by atoms with Crippen LogP contribution in [0.1, 0.15) is 16.8 Å². The van der Waals surface area contributed by atoms with Gasteiger partial charge in [-0.3, -0.25) is 4.79 Å². The van der Waals surface area contributed by atoms with Crippen molar-refractivity contribution in [1.29, 1.82) is 0 Å². The fraction of sp³-hybridized carbons (Fsp3) is 0.333. The summed E-state index contributed by atoms with van der Waals surface area (Å²) in [6.07, 6.45) is -7.67. The molecule has 114 valence electrons. The predicted octanol–water partition coefficient (Wildman–Crippen LogP) is 2.87. The summed E-state index contributed by atoms with van der Waals surface area (Å²) in [6.45, 7) is 0. The third-order valence-electron chi connectivity index (χ3n) is 2.93. The van der Waals surface area contributed by atoms with Crippen molar-refractivity contribution in [2.24, 2.45) is 5.10 Å². The molecule has 1 aliphatic rings. The van der Waals surface area contributed by atoms with Crippen molar-refractivity contribution >= 4 is 27.5 Å². The van der Waals surface area contributed by atoms with Crippen LogP contribution in [-0.2, 0) is 0 Å². The Balaban J connectivity index is 2.43. The third kappa shape index (κ3) is 2.80. The minimum absolute atomic E-state index is 0.0270. The molecule has 0 bridgehead atoms. The second kappa shape index (κ2) is 5.72. The molecular weight excluding hydrogens is 360 g/mol. The molecule has 21 heavy (non-hydrogen) atoms. The number of hydrogen-bond acceptors (Lipinski definition) is 3. The van der Waals surface area contributed by atoms with Gasteiger partial charge >= 0.3 is 0 Å². The van der Waals surface area contributed by atoms with Gasteiger partial charge in [0.1, 0.15) is 5.71 Å². The number of carbonyl (C=O) groups is 1. The van der Waals surface area contributed by atoms with Crippen molar-refractivity contribution in [3.05, 3.63) is 34.3 Å². The minimum Gasteiger partial charge on any atom is -0.364 e. The standard InChI is InChI=1S/C12H9BrF4N2O2/c13-7-4-2-1-3-6(7)10(20)19-12(21,11(16)17)5-8(18-19)9(14)15/h1-4,9,11,21H,5H2/t12-/m1/s1. The second-order valence-electron chi connectivity index (χ2n) is 4.34. The molecule has 2 rings (SSSR count). The van der Waals surface area contributed by atoms with E-state index in [4.69, 9.17) is 0 Å². The largest absolute Gasteiger partial charge is 0.364 e. The molecule has 1 aromatic rings. The molecule has 1 aromatic carbocycles. The molecule has 0 radical (unpaired) electrons. The van der Waals surface area contributed by atoms with Gasteiger partial charge in [-0.25, -0.2) is 17.6 Å². The van der Waals surface area contributed by atoms with E-state index in [0.29, 0.717) is 0 Å². The topological polar surface area (TPSA) is 52.9 Å². The summed E-state index contributed by atoms with van der Waals surface area (Å²) in [6, 6.07) is 5.82. The van der Waals surface area contributed by atoms with Crippen molar-refractivity contribution in [2.45, 2.75) is 25.0 Å². The van der Waals surface area contributed by atoms with E-state index < -0.39 is 36.6 Å². The highest BCUT2D eigenvalue weighted by molar-refractivity contribution is 9.10. The Morgan fingerprint density at radius 3 is 2.48 bits per heavy atom. The molecule has 4 nitrogen and oxygen atoms in total. The van der Waals surface area contributed by atoms with Gasteiger partial charge in [0, 0.05) is 10.9 Å². The van der Waals surface area contributed by atoms with Crippen LogP contribution >= 0.6 is 15.9 Å². The maximum atomic E-state index is 13.0. The number of halogens is 5. The minimum atomic E-state index is -3.44. The highest BCUT2D eigenvalue weighted by Crippen LogP contribution is 2.35. The van der Waals surface area contributed by atoms with Gasteiger partial charge in [-0.2, -0.15) is 10.1 Å². The lowest BCUT2D eigenvalue weighted by atomic mass is 10.1. The zero-order valence-electron chi connectivity index (χ0n) is 10.3. The molecule has 1 N–H and O–H groups in total. The molecule has 0 saturated carbocycles. The van der Waals surface area contributed by atoms with E-state index >= 15 is 0 Å². The van der Waals surface area contributed by atoms with E-state index in [1.807, 2.05) is 0 Å². The molecule has 1 amide bonds. The summed E-state index contributed by atoms with van der Waals surface area (Å²) in [5, 5.41) is 13.1. The summed E-state index contributed by atoms with van der Waals surface area (Å²) in [7, 11) is 0. The fourth-order valence-electron chi connectivity index (χ4n) is 1.85. The molecule has 0 spiro atoms. The number of carbonyl (C=O) groups excluding carboxylic acids is 1. The fourth-order valence-corrected chi connectivity index (χ4v) is 2.31. The van der Waals surface area contributed by atoms with Crippen molar-refractivity contribution in [3.63, 3.8) is 0 Å². The van der Waals surface area contributed by atoms with E-state index in [2.05, 4.69) is 21.0 Å². The van der Waals surface area contributed by atoms with Crippen molar-refractivity contribution in [2.75, 3.05) is 0 Å². The Bertz CT molecular complexity index is 596. The number of hydrazone groups is 1. The van der Waals surface area contributed by atoms with Crippen LogP contribution in [0.5, 0.6) is 0 Å². The average molecular weight is 369 g/mol. The van der Waals surface area contributed by atoms with E-state index in [0.717, 1.165) is 0 Å². The van der Waals surface area contributed by atoms with Gasteiger partial charge in [0.05, 0.1) is 5.56 Å². The van der Waals surface area contributed by atoms with Crippen LogP contribution in [-0.4, -0.2) is 40.3 Å². The first-order valence-electron chi connectivity index (χ1n) is 5.72. The van der Waals surface area contributed by atoms with Crippen LogP contribution in [0.15, 0.2) is 33.8 Å². The summed E-state index contributed by atoms with van der Waals surface area (Å²) in [5.41, 5.74) is -4.10. The van der Waals surface area contributed by atoms with Crippen LogP contribution in [0.3, 0.4) is 0 Å². The van der Waals surface area contributed by atoms with Crippen LogP contribution < -0.4 is 0 Å². The van der Waals surface area contributed by atoms with E-state index in [9.17, 15) is 27.5 Å². The molecule has 0 saturated heterocycles. The molecule has 0 aliphatic carbocycles. The highest BCUT2D eigenvalue weighted by Gasteiger charge is 2.53. The zero-order valence-corrected chi connectivity index (χ0v) is 11.9. The number of rotatable bonds is 3. The van der Waals surface area contributed by atoms with Crippen molar-refractivity contribution in [1.82, 2.24) is 5.01 Å². The monoisotopic (exact) mass is 368 g/mol. The SMILES string of the molecule is O=C(c1ccccc1Br)N1N=C(C(F)F)C[C@@]1(O)C(F)F. The Labute approximate surface area is 125 Å². The summed E-state index contributed by atoms with van der Waals surface area (Å²) in [4.78, 5) is 12.2. The summed E-state index contributed by atoms with van der Waals surface area (Å²) >= 11 is 3.05. The van der Waals surface area contributed by atoms with Gasteiger partial charge in [-0.15, -0.1) is 0 Å². The lowest BCUT2D eigenvalue weighted by molar-refractivity contribution is -0.164. The molecule has 0 aromatic heterocycles. The van der Waals surface area contributed by atoms with Crippen LogP contribution in [0, 0.1) is 0 Å². The molecule has 1 aliphatic heterocycles. The number of amides is 1. The quantitative estimate of drug-likeness (QED) is 0.834. The van der Waals surface area contributed by atoms with E-state index in [1.54, 1.807) is 6.07 Å². The number of benzene rings is 1. The number of alkyl halides is 4. The number of hydrogen-bond donors (Lipinski definition) is 1. The maximum Gasteiger partial charge on any atom is 0.287 e. The van der Waals surface area contributed by atoms with Gasteiger partial charge in [-0.05, 0) is 28.1 Å². The van der Waals surface area contributed by atoms with Gasteiger partial charge in [0.2, 0.25) is 5.72 Å². The van der Waals surface area contributed by atoms with Gasteiger partial charge in [-0.1, -0.05) is 12.1 Å². The summed E-state index contributed by atoms with van der Waals surface area (Å²) in [5.74, 6) is -1.10. The van der Waals surface area contributed by atoms with Crippen LogP contribution in [0.4, 0.5) is 17.6 Å². The van der Waals surface area contributed by atoms with Gasteiger partial charge < -0.3 is 5.11 Å². The molecule has 0 fully saturated rings.